The molecule has 0 spiro atoms. The molecule has 198 valence electrons. The van der Waals surface area contributed by atoms with Crippen LogP contribution in [0.2, 0.25) is 0 Å². The monoisotopic (exact) mass is 523 g/mol. The summed E-state index contributed by atoms with van der Waals surface area (Å²) in [6, 6.07) is 18.3. The lowest BCUT2D eigenvalue weighted by Gasteiger charge is -2.51. The van der Waals surface area contributed by atoms with Gasteiger partial charge in [0.1, 0.15) is 12.3 Å². The maximum absolute atomic E-state index is 12.1. The number of rotatable bonds is 7. The van der Waals surface area contributed by atoms with E-state index >= 15 is 0 Å². The van der Waals surface area contributed by atoms with Gasteiger partial charge in [0.05, 0.1) is 13.1 Å². The Morgan fingerprint density at radius 2 is 1.76 bits per heavy atom. The average Bonchev–Trinajstić information content (AvgIpc) is 3.38. The van der Waals surface area contributed by atoms with Crippen LogP contribution in [-0.4, -0.2) is 45.5 Å². The lowest BCUT2D eigenvalue weighted by molar-refractivity contribution is -0.959. The van der Waals surface area contributed by atoms with Crippen LogP contribution in [0, 0.1) is 18.8 Å². The molecule has 3 saturated heterocycles. The zero-order valence-electron chi connectivity index (χ0n) is 21.7. The maximum atomic E-state index is 12.1. The summed E-state index contributed by atoms with van der Waals surface area (Å²) in [6.45, 7) is 5.99. The second-order valence-electron chi connectivity index (χ2n) is 11.4. The zero-order valence-corrected chi connectivity index (χ0v) is 22.4. The van der Waals surface area contributed by atoms with Crippen molar-refractivity contribution < 1.29 is 31.3 Å². The molecule has 7 heteroatoms. The van der Waals surface area contributed by atoms with Crippen molar-refractivity contribution in [2.75, 3.05) is 19.6 Å². The summed E-state index contributed by atoms with van der Waals surface area (Å²) in [7, 11) is 0. The van der Waals surface area contributed by atoms with E-state index in [0.29, 0.717) is 24.2 Å². The lowest BCUT2D eigenvalue weighted by Crippen LogP contribution is -3.00. The van der Waals surface area contributed by atoms with Crippen LogP contribution < -0.4 is 17.1 Å². The summed E-state index contributed by atoms with van der Waals surface area (Å²) in [4.78, 5) is 4.87. The van der Waals surface area contributed by atoms with Crippen molar-refractivity contribution in [2.24, 2.45) is 11.8 Å². The van der Waals surface area contributed by atoms with Crippen molar-refractivity contribution in [3.63, 3.8) is 0 Å². The number of quaternary nitrogens is 1. The summed E-state index contributed by atoms with van der Waals surface area (Å²) in [5, 5.41) is 16.5. The van der Waals surface area contributed by atoms with Crippen LogP contribution in [-0.2, 0) is 12.1 Å². The number of aryl methyl sites for hydroxylation is 1. The molecule has 4 heterocycles. The highest BCUT2D eigenvalue weighted by molar-refractivity contribution is 5.30. The van der Waals surface area contributed by atoms with E-state index in [1.54, 1.807) is 0 Å². The zero-order chi connectivity index (χ0) is 24.6. The second-order valence-corrected chi connectivity index (χ2v) is 11.4. The van der Waals surface area contributed by atoms with Gasteiger partial charge in [0.15, 0.2) is 18.2 Å². The Bertz CT molecular complexity index is 1170. The molecule has 3 aliphatic heterocycles. The summed E-state index contributed by atoms with van der Waals surface area (Å²) in [5.74, 6) is 2.73. The molecular weight excluding hydrogens is 486 g/mol. The summed E-state index contributed by atoms with van der Waals surface area (Å²) < 4.78 is 13.3. The fourth-order valence-electron chi connectivity index (χ4n) is 6.96. The normalized spacial score (nSPS) is 27.3. The number of aromatic nitrogens is 2. The van der Waals surface area contributed by atoms with E-state index in [4.69, 9.17) is 14.2 Å². The van der Waals surface area contributed by atoms with Crippen LogP contribution in [0.5, 0.6) is 5.75 Å². The fourth-order valence-corrected chi connectivity index (χ4v) is 6.96. The first kappa shape index (κ1) is 26.2. The van der Waals surface area contributed by atoms with E-state index in [9.17, 15) is 5.11 Å². The minimum Gasteiger partial charge on any atom is -1.00 e. The molecule has 2 aromatic carbocycles. The summed E-state index contributed by atoms with van der Waals surface area (Å²) >= 11 is 0. The van der Waals surface area contributed by atoms with E-state index in [2.05, 4.69) is 36.3 Å². The Morgan fingerprint density at radius 1 is 1.00 bits per heavy atom. The smallest absolute Gasteiger partial charge is 0.282 e. The van der Waals surface area contributed by atoms with Gasteiger partial charge in [-0.1, -0.05) is 66.9 Å². The van der Waals surface area contributed by atoms with E-state index in [-0.39, 0.29) is 24.4 Å². The number of benzene rings is 2. The molecule has 0 radical (unpaired) electrons. The molecule has 1 aliphatic carbocycles. The van der Waals surface area contributed by atoms with Crippen LogP contribution in [0.4, 0.5) is 0 Å². The maximum Gasteiger partial charge on any atom is 0.282 e. The Labute approximate surface area is 226 Å². The molecule has 37 heavy (non-hydrogen) atoms. The number of ether oxygens (including phenoxy) is 1. The van der Waals surface area contributed by atoms with Gasteiger partial charge >= 0.3 is 0 Å². The third-order valence-electron chi connectivity index (χ3n) is 9.01. The number of aliphatic hydroxyl groups is 1. The second kappa shape index (κ2) is 10.8. The molecule has 2 atom stereocenters. The van der Waals surface area contributed by atoms with Crippen LogP contribution in [0.25, 0.3) is 0 Å². The molecule has 1 saturated carbocycles. The highest BCUT2D eigenvalue weighted by Crippen LogP contribution is 2.43. The van der Waals surface area contributed by atoms with E-state index in [1.165, 1.54) is 12.0 Å². The molecule has 0 unspecified atom stereocenters. The third-order valence-corrected chi connectivity index (χ3v) is 9.01. The van der Waals surface area contributed by atoms with Crippen molar-refractivity contribution in [1.82, 2.24) is 10.1 Å². The first-order valence-electron chi connectivity index (χ1n) is 13.7. The van der Waals surface area contributed by atoms with E-state index in [1.807, 2.05) is 30.3 Å². The SMILES string of the molecule is Cc1cccc(O[C@H]2C[N+]3(Cc4nc([C@](O)(c5ccccc5)C5CCCCC5)no4)CCC2CC3)c1.[Cl-]. The van der Waals surface area contributed by atoms with Gasteiger partial charge in [-0.2, -0.15) is 4.98 Å². The number of hydrogen-bond acceptors (Lipinski definition) is 5. The Balaban J connectivity index is 0.00000280. The predicted octanol–water partition coefficient (Wildman–Crippen LogP) is 2.39. The van der Waals surface area contributed by atoms with Crippen molar-refractivity contribution in [2.45, 2.75) is 70.1 Å². The van der Waals surface area contributed by atoms with Gasteiger partial charge in [0, 0.05) is 18.8 Å². The molecule has 0 amide bonds. The number of piperidine rings is 3. The molecule has 6 nitrogen and oxygen atoms in total. The number of nitrogens with zero attached hydrogens (tertiary/aromatic N) is 3. The van der Waals surface area contributed by atoms with Gasteiger partial charge in [-0.25, -0.2) is 0 Å². The Kier molecular flexibility index (Phi) is 7.62. The predicted molar refractivity (Wildman–Crippen MR) is 137 cm³/mol. The first-order chi connectivity index (χ1) is 17.5. The quantitative estimate of drug-likeness (QED) is 0.482. The van der Waals surface area contributed by atoms with E-state index in [0.717, 1.165) is 74.0 Å². The molecule has 4 aliphatic rings. The van der Waals surface area contributed by atoms with Gasteiger partial charge in [-0.05, 0) is 48.9 Å². The van der Waals surface area contributed by atoms with Crippen molar-refractivity contribution in [1.29, 1.82) is 0 Å². The topological polar surface area (TPSA) is 68.4 Å². The summed E-state index contributed by atoms with van der Waals surface area (Å²) in [6.07, 6.45) is 7.98. The molecule has 1 N–H and O–H groups in total. The largest absolute Gasteiger partial charge is 1.00 e. The lowest BCUT2D eigenvalue weighted by atomic mass is 9.73. The standard InChI is InChI=1S/C30H38N3O3.ClH/c1-22-9-8-14-26(19-22)35-27-20-33(17-15-23(27)16-18-33)21-28-31-29(32-36-28)30(34,24-10-4-2-5-11-24)25-12-6-3-7-13-25;/h2,4-5,8-11,14,19,23,25,27,34H,3,6-7,12-13,15-18,20-21H2,1H3;1H/q+1;/p-1/t23?,27-,30-,33?;/m0./s1. The first-order valence-corrected chi connectivity index (χ1v) is 13.7. The van der Waals surface area contributed by atoms with Crippen molar-refractivity contribution in [3.05, 3.63) is 77.4 Å². The molecule has 2 bridgehead atoms. The molecule has 3 aromatic rings. The molecule has 7 rings (SSSR count). The number of hydrogen-bond donors (Lipinski definition) is 1. The van der Waals surface area contributed by atoms with Crippen LogP contribution in [0.1, 0.15) is 67.8 Å². The highest BCUT2D eigenvalue weighted by Gasteiger charge is 2.49. The summed E-state index contributed by atoms with van der Waals surface area (Å²) in [5.41, 5.74) is 0.872. The average molecular weight is 524 g/mol. The highest BCUT2D eigenvalue weighted by atomic mass is 35.5. The third kappa shape index (κ3) is 5.16. The molecule has 1 aromatic heterocycles. The molecular formula is C30H38ClN3O3. The van der Waals surface area contributed by atoms with Gasteiger partial charge in [-0.15, -0.1) is 0 Å². The molecule has 4 fully saturated rings. The van der Waals surface area contributed by atoms with E-state index < -0.39 is 5.60 Å². The van der Waals surface area contributed by atoms with Crippen molar-refractivity contribution >= 4 is 0 Å². The van der Waals surface area contributed by atoms with Gasteiger partial charge in [0.2, 0.25) is 5.82 Å². The van der Waals surface area contributed by atoms with Crippen LogP contribution >= 0.6 is 0 Å². The minimum absolute atomic E-state index is 0. The van der Waals surface area contributed by atoms with Crippen molar-refractivity contribution in [3.8, 4) is 5.75 Å². The number of fused-ring (bicyclic) bond motifs is 3. The van der Waals surface area contributed by atoms with Gasteiger partial charge in [-0.3, -0.25) is 0 Å². The van der Waals surface area contributed by atoms with Gasteiger partial charge < -0.3 is 31.3 Å². The van der Waals surface area contributed by atoms with Gasteiger partial charge in [0.25, 0.3) is 5.89 Å². The Morgan fingerprint density at radius 3 is 2.49 bits per heavy atom. The fraction of sp³-hybridized carbons (Fsp3) is 0.533. The minimum atomic E-state index is -1.21. The van der Waals surface area contributed by atoms with Crippen LogP contribution in [0.3, 0.4) is 0 Å². The number of halogens is 1. The van der Waals surface area contributed by atoms with Crippen LogP contribution in [0.15, 0.2) is 59.1 Å². The Hall–Kier alpha value is -2.41.